The number of H-pyrrole nitrogens is 1. The Morgan fingerprint density at radius 1 is 1.47 bits per heavy atom. The maximum Gasteiger partial charge on any atom is 0.260 e. The van der Waals surface area contributed by atoms with Crippen LogP contribution in [0, 0.1) is 0 Å². The summed E-state index contributed by atoms with van der Waals surface area (Å²) in [5.74, 6) is 0.641. The second-order valence-corrected chi connectivity index (χ2v) is 4.05. The van der Waals surface area contributed by atoms with Crippen molar-refractivity contribution in [3.63, 3.8) is 0 Å². The lowest BCUT2D eigenvalue weighted by Crippen LogP contribution is -2.13. The summed E-state index contributed by atoms with van der Waals surface area (Å²) in [5.41, 5.74) is 7.52. The lowest BCUT2D eigenvalue weighted by molar-refractivity contribution is 0.102. The van der Waals surface area contributed by atoms with Crippen LogP contribution in [0.4, 0.5) is 11.5 Å². The maximum atomic E-state index is 12.1. The molecule has 2 aromatic rings. The molecule has 1 heterocycles. The van der Waals surface area contributed by atoms with Gasteiger partial charge in [0.2, 0.25) is 0 Å². The molecule has 1 aromatic heterocycles. The number of hydrogen-bond donors (Lipinski definition) is 3. The van der Waals surface area contributed by atoms with Crippen LogP contribution in [-0.2, 0) is 6.42 Å². The van der Waals surface area contributed by atoms with Gasteiger partial charge in [0.15, 0.2) is 5.82 Å². The predicted octanol–water partition coefficient (Wildman–Crippen LogP) is 1.82. The number of ether oxygens (including phenoxy) is 1. The lowest BCUT2D eigenvalue weighted by atomic mass is 10.1. The summed E-state index contributed by atoms with van der Waals surface area (Å²) in [7, 11) is 1.51. The van der Waals surface area contributed by atoms with Gasteiger partial charge in [-0.15, -0.1) is 0 Å². The second kappa shape index (κ2) is 5.43. The van der Waals surface area contributed by atoms with Gasteiger partial charge in [0.25, 0.3) is 5.91 Å². The minimum absolute atomic E-state index is 0.307. The van der Waals surface area contributed by atoms with E-state index in [0.29, 0.717) is 22.8 Å². The molecule has 0 bridgehead atoms. The highest BCUT2D eigenvalue weighted by Gasteiger charge is 2.14. The highest BCUT2D eigenvalue weighted by Crippen LogP contribution is 2.22. The molecule has 0 aliphatic carbocycles. The lowest BCUT2D eigenvalue weighted by Gasteiger charge is -2.08. The number of amides is 1. The number of hydrogen-bond acceptors (Lipinski definition) is 4. The standard InChI is InChI=1S/C13H16N4O2/c1-3-9-7-12(17-16-9)15-13(18)10-6-8(14)4-5-11(10)19-2/h4-7H,3,14H2,1-2H3,(H2,15,16,17,18). The summed E-state index contributed by atoms with van der Waals surface area (Å²) in [6.07, 6.45) is 0.824. The van der Waals surface area contributed by atoms with Gasteiger partial charge in [-0.2, -0.15) is 5.10 Å². The van der Waals surface area contributed by atoms with Gasteiger partial charge in [0.1, 0.15) is 5.75 Å². The van der Waals surface area contributed by atoms with Crippen LogP contribution in [0.2, 0.25) is 0 Å². The van der Waals surface area contributed by atoms with Crippen molar-refractivity contribution in [3.8, 4) is 5.75 Å². The molecule has 2 rings (SSSR count). The van der Waals surface area contributed by atoms with E-state index in [2.05, 4.69) is 15.5 Å². The number of nitrogen functional groups attached to an aromatic ring is 1. The third kappa shape index (κ3) is 2.85. The summed E-state index contributed by atoms with van der Waals surface area (Å²) in [5, 5.41) is 9.53. The van der Waals surface area contributed by atoms with Crippen molar-refractivity contribution in [1.29, 1.82) is 0 Å². The second-order valence-electron chi connectivity index (χ2n) is 4.05. The quantitative estimate of drug-likeness (QED) is 0.731. The highest BCUT2D eigenvalue weighted by atomic mass is 16.5. The Bertz CT molecular complexity index is 592. The van der Waals surface area contributed by atoms with Crippen LogP contribution in [-0.4, -0.2) is 23.2 Å². The predicted molar refractivity (Wildman–Crippen MR) is 73.3 cm³/mol. The zero-order valence-corrected chi connectivity index (χ0v) is 10.9. The fourth-order valence-electron chi connectivity index (χ4n) is 1.69. The van der Waals surface area contributed by atoms with E-state index in [1.54, 1.807) is 24.3 Å². The first-order valence-electron chi connectivity index (χ1n) is 5.93. The van der Waals surface area contributed by atoms with Crippen molar-refractivity contribution >= 4 is 17.4 Å². The summed E-state index contributed by atoms with van der Waals surface area (Å²) >= 11 is 0. The summed E-state index contributed by atoms with van der Waals surface area (Å²) in [4.78, 5) is 12.1. The average Bonchev–Trinajstić information content (AvgIpc) is 2.86. The first kappa shape index (κ1) is 12.9. The minimum atomic E-state index is -0.307. The number of aromatic amines is 1. The molecule has 0 unspecified atom stereocenters. The average molecular weight is 260 g/mol. The molecule has 1 amide bonds. The number of anilines is 2. The fourth-order valence-corrected chi connectivity index (χ4v) is 1.69. The Hall–Kier alpha value is -2.50. The van der Waals surface area contributed by atoms with Crippen molar-refractivity contribution in [1.82, 2.24) is 10.2 Å². The molecule has 0 spiro atoms. The van der Waals surface area contributed by atoms with Crippen molar-refractivity contribution < 1.29 is 9.53 Å². The van der Waals surface area contributed by atoms with E-state index in [1.807, 2.05) is 6.92 Å². The van der Waals surface area contributed by atoms with E-state index in [9.17, 15) is 4.79 Å². The Morgan fingerprint density at radius 2 is 2.26 bits per heavy atom. The first-order chi connectivity index (χ1) is 9.13. The third-order valence-corrected chi connectivity index (χ3v) is 2.72. The molecule has 6 nitrogen and oxygen atoms in total. The molecule has 0 fully saturated rings. The highest BCUT2D eigenvalue weighted by molar-refractivity contribution is 6.06. The number of nitrogens with two attached hydrogens (primary N) is 1. The van der Waals surface area contributed by atoms with E-state index in [0.717, 1.165) is 12.1 Å². The number of aryl methyl sites for hydroxylation is 1. The molecular weight excluding hydrogens is 244 g/mol. The summed E-state index contributed by atoms with van der Waals surface area (Å²) < 4.78 is 5.14. The molecule has 0 atom stereocenters. The van der Waals surface area contributed by atoms with Gasteiger partial charge < -0.3 is 15.8 Å². The number of nitrogens with one attached hydrogen (secondary N) is 2. The molecule has 1 aromatic carbocycles. The van der Waals surface area contributed by atoms with Gasteiger partial charge in [-0.25, -0.2) is 0 Å². The minimum Gasteiger partial charge on any atom is -0.496 e. The van der Waals surface area contributed by atoms with Gasteiger partial charge in [-0.05, 0) is 24.6 Å². The Balaban J connectivity index is 2.21. The zero-order valence-electron chi connectivity index (χ0n) is 10.9. The third-order valence-electron chi connectivity index (χ3n) is 2.72. The number of carbonyl (C=O) groups is 1. The monoisotopic (exact) mass is 260 g/mol. The Labute approximate surface area is 111 Å². The number of rotatable bonds is 4. The Kier molecular flexibility index (Phi) is 3.70. The van der Waals surface area contributed by atoms with Crippen molar-refractivity contribution in [3.05, 3.63) is 35.5 Å². The molecule has 19 heavy (non-hydrogen) atoms. The molecule has 0 saturated carbocycles. The van der Waals surface area contributed by atoms with E-state index in [-0.39, 0.29) is 5.91 Å². The number of benzene rings is 1. The van der Waals surface area contributed by atoms with E-state index < -0.39 is 0 Å². The van der Waals surface area contributed by atoms with Crippen molar-refractivity contribution in [2.75, 3.05) is 18.2 Å². The molecule has 0 radical (unpaired) electrons. The van der Waals surface area contributed by atoms with Crippen LogP contribution in [0.1, 0.15) is 23.0 Å². The van der Waals surface area contributed by atoms with Crippen LogP contribution in [0.3, 0.4) is 0 Å². The van der Waals surface area contributed by atoms with Gasteiger partial charge >= 0.3 is 0 Å². The normalized spacial score (nSPS) is 10.2. The molecule has 0 aliphatic rings. The van der Waals surface area contributed by atoms with Crippen molar-refractivity contribution in [2.45, 2.75) is 13.3 Å². The number of aromatic nitrogens is 2. The SMILES string of the molecule is CCc1cc(NC(=O)c2cc(N)ccc2OC)n[nH]1. The van der Waals surface area contributed by atoms with E-state index >= 15 is 0 Å². The summed E-state index contributed by atoms with van der Waals surface area (Å²) in [6, 6.07) is 6.70. The zero-order chi connectivity index (χ0) is 13.8. The Morgan fingerprint density at radius 3 is 2.89 bits per heavy atom. The van der Waals surface area contributed by atoms with Crippen LogP contribution < -0.4 is 15.8 Å². The van der Waals surface area contributed by atoms with Crippen molar-refractivity contribution in [2.24, 2.45) is 0 Å². The molecule has 0 aliphatic heterocycles. The number of carbonyl (C=O) groups excluding carboxylic acids is 1. The van der Waals surface area contributed by atoms with Gasteiger partial charge in [-0.1, -0.05) is 6.92 Å². The number of methoxy groups -OCH3 is 1. The fraction of sp³-hybridized carbons (Fsp3) is 0.231. The van der Waals surface area contributed by atoms with Crippen LogP contribution in [0.25, 0.3) is 0 Å². The summed E-state index contributed by atoms with van der Waals surface area (Å²) in [6.45, 7) is 2.00. The van der Waals surface area contributed by atoms with Gasteiger partial charge in [-0.3, -0.25) is 9.89 Å². The van der Waals surface area contributed by atoms with Crippen LogP contribution >= 0.6 is 0 Å². The van der Waals surface area contributed by atoms with Gasteiger partial charge in [0.05, 0.1) is 12.7 Å². The molecular formula is C13H16N4O2. The molecule has 100 valence electrons. The largest absolute Gasteiger partial charge is 0.496 e. The maximum absolute atomic E-state index is 12.1. The van der Waals surface area contributed by atoms with E-state index in [4.69, 9.17) is 10.5 Å². The topological polar surface area (TPSA) is 93.0 Å². The number of nitrogens with zero attached hydrogens (tertiary/aromatic N) is 1. The van der Waals surface area contributed by atoms with Gasteiger partial charge in [0, 0.05) is 17.4 Å². The van der Waals surface area contributed by atoms with Crippen LogP contribution in [0.15, 0.2) is 24.3 Å². The first-order valence-corrected chi connectivity index (χ1v) is 5.93. The smallest absolute Gasteiger partial charge is 0.260 e. The molecule has 0 saturated heterocycles. The molecule has 6 heteroatoms. The van der Waals surface area contributed by atoms with Crippen LogP contribution in [0.5, 0.6) is 5.75 Å². The van der Waals surface area contributed by atoms with E-state index in [1.165, 1.54) is 7.11 Å². The molecule has 4 N–H and O–H groups in total.